The molecule has 0 heterocycles. The Bertz CT molecular complexity index is 592. The molecule has 2 aromatic rings. The molecular weight excluding hydrogens is 316 g/mol. The Hall–Kier alpha value is -1.62. The fraction of sp³-hybridized carbons (Fsp3) is 0. The molecule has 0 aromatic heterocycles. The van der Waals surface area contributed by atoms with Gasteiger partial charge in [-0.25, -0.2) is 0 Å². The van der Waals surface area contributed by atoms with E-state index in [2.05, 4.69) is 0 Å². The molecule has 0 unspecified atom stereocenters. The van der Waals surface area contributed by atoms with Crippen LogP contribution in [0, 0.1) is 0 Å². The van der Waals surface area contributed by atoms with Gasteiger partial charge in [0.15, 0.2) is 0 Å². The second-order valence-electron chi connectivity index (χ2n) is 3.28. The SMILES string of the molecule is O=C([O-])c1ccc2ccccc2c1C(=O)[O-].[Ag+2]. The summed E-state index contributed by atoms with van der Waals surface area (Å²) in [5.41, 5.74) is -0.697. The second-order valence-corrected chi connectivity index (χ2v) is 3.28. The molecule has 0 atom stereocenters. The Balaban J connectivity index is 0.00000144. The molecule has 89 valence electrons. The summed E-state index contributed by atoms with van der Waals surface area (Å²) in [4.78, 5) is 21.7. The number of carbonyl (C=O) groups is 2. The summed E-state index contributed by atoms with van der Waals surface area (Å²) < 4.78 is 0. The van der Waals surface area contributed by atoms with Crippen LogP contribution in [0.5, 0.6) is 0 Å². The van der Waals surface area contributed by atoms with Crippen LogP contribution in [-0.2, 0) is 22.4 Å². The predicted molar refractivity (Wildman–Crippen MR) is 52.6 cm³/mol. The minimum atomic E-state index is -1.52. The quantitative estimate of drug-likeness (QED) is 0.703. The van der Waals surface area contributed by atoms with Crippen LogP contribution in [0.4, 0.5) is 0 Å². The van der Waals surface area contributed by atoms with Crippen molar-refractivity contribution < 1.29 is 42.2 Å². The number of rotatable bonds is 2. The maximum absolute atomic E-state index is 10.9. The van der Waals surface area contributed by atoms with E-state index in [1.165, 1.54) is 18.2 Å². The van der Waals surface area contributed by atoms with Gasteiger partial charge >= 0.3 is 22.4 Å². The Kier molecular flexibility index (Phi) is 4.07. The summed E-state index contributed by atoms with van der Waals surface area (Å²) in [6.07, 6.45) is 0. The van der Waals surface area contributed by atoms with E-state index >= 15 is 0 Å². The first-order valence-corrected chi connectivity index (χ1v) is 4.55. The minimum Gasteiger partial charge on any atom is -0.545 e. The van der Waals surface area contributed by atoms with Crippen molar-refractivity contribution in [2.45, 2.75) is 0 Å². The van der Waals surface area contributed by atoms with E-state index in [9.17, 15) is 19.8 Å². The molecule has 4 nitrogen and oxygen atoms in total. The molecule has 0 N–H and O–H groups in total. The van der Waals surface area contributed by atoms with Crippen molar-refractivity contribution in [2.75, 3.05) is 0 Å². The Morgan fingerprint density at radius 2 is 1.53 bits per heavy atom. The maximum atomic E-state index is 10.9. The average molecular weight is 322 g/mol. The standard InChI is InChI=1S/C12H8O4.Ag/c13-11(14)9-6-5-7-3-1-2-4-8(7)10(9)12(15)16;/h1-6H,(H,13,14)(H,15,16);/q;+2/p-2. The van der Waals surface area contributed by atoms with Crippen molar-refractivity contribution in [3.05, 3.63) is 47.5 Å². The monoisotopic (exact) mass is 321 g/mol. The smallest absolute Gasteiger partial charge is 0.545 e. The molecule has 0 saturated heterocycles. The molecule has 0 aliphatic rings. The number of hydrogen-bond acceptors (Lipinski definition) is 4. The maximum Gasteiger partial charge on any atom is 2.00 e. The molecule has 0 fully saturated rings. The molecule has 0 saturated carbocycles. The van der Waals surface area contributed by atoms with Crippen molar-refractivity contribution in [3.8, 4) is 0 Å². The van der Waals surface area contributed by atoms with Gasteiger partial charge in [0.1, 0.15) is 0 Å². The third kappa shape index (κ3) is 2.39. The van der Waals surface area contributed by atoms with Crippen LogP contribution >= 0.6 is 0 Å². The Morgan fingerprint density at radius 1 is 0.882 bits per heavy atom. The third-order valence-electron chi connectivity index (χ3n) is 2.35. The van der Waals surface area contributed by atoms with Crippen LogP contribution < -0.4 is 10.2 Å². The molecule has 0 spiro atoms. The van der Waals surface area contributed by atoms with Gasteiger partial charge in [-0.05, 0) is 10.8 Å². The molecular formula is C12H6AgO4. The summed E-state index contributed by atoms with van der Waals surface area (Å²) in [5, 5.41) is 22.7. The third-order valence-corrected chi connectivity index (χ3v) is 2.35. The summed E-state index contributed by atoms with van der Waals surface area (Å²) in [6, 6.07) is 9.34. The van der Waals surface area contributed by atoms with E-state index in [0.29, 0.717) is 10.8 Å². The first-order valence-electron chi connectivity index (χ1n) is 4.55. The first-order chi connectivity index (χ1) is 7.61. The molecule has 1 radical (unpaired) electrons. The number of carbonyl (C=O) groups excluding carboxylic acids is 2. The van der Waals surface area contributed by atoms with Crippen molar-refractivity contribution in [3.63, 3.8) is 0 Å². The first kappa shape index (κ1) is 13.4. The number of carboxylic acid groups (broad SMARTS) is 2. The van der Waals surface area contributed by atoms with Gasteiger partial charge in [-0.1, -0.05) is 36.4 Å². The van der Waals surface area contributed by atoms with E-state index in [4.69, 9.17) is 0 Å². The van der Waals surface area contributed by atoms with Gasteiger partial charge in [-0.2, -0.15) is 0 Å². The summed E-state index contributed by atoms with van der Waals surface area (Å²) in [7, 11) is 0. The van der Waals surface area contributed by atoms with Crippen LogP contribution in [0.15, 0.2) is 36.4 Å². The number of carboxylic acids is 2. The number of aromatic carboxylic acids is 2. The molecule has 0 aliphatic carbocycles. The number of fused-ring (bicyclic) bond motifs is 1. The van der Waals surface area contributed by atoms with Crippen molar-refractivity contribution >= 4 is 22.7 Å². The second kappa shape index (κ2) is 5.14. The Morgan fingerprint density at radius 3 is 2.12 bits per heavy atom. The van der Waals surface area contributed by atoms with E-state index in [-0.39, 0.29) is 33.5 Å². The topological polar surface area (TPSA) is 80.3 Å². The van der Waals surface area contributed by atoms with Crippen LogP contribution in [0.1, 0.15) is 20.7 Å². The molecule has 0 amide bonds. The fourth-order valence-electron chi connectivity index (χ4n) is 1.66. The molecule has 5 heteroatoms. The zero-order chi connectivity index (χ0) is 11.7. The van der Waals surface area contributed by atoms with Gasteiger partial charge in [-0.15, -0.1) is 0 Å². The van der Waals surface area contributed by atoms with Gasteiger partial charge < -0.3 is 19.8 Å². The molecule has 0 aliphatic heterocycles. The van der Waals surface area contributed by atoms with Gasteiger partial charge in [0, 0.05) is 11.1 Å². The summed E-state index contributed by atoms with van der Waals surface area (Å²) in [5.74, 6) is -3.04. The fourth-order valence-corrected chi connectivity index (χ4v) is 1.66. The predicted octanol–water partition coefficient (Wildman–Crippen LogP) is -0.436. The van der Waals surface area contributed by atoms with Gasteiger partial charge in [0.05, 0.1) is 11.9 Å². The molecule has 2 aromatic carbocycles. The molecule has 17 heavy (non-hydrogen) atoms. The van der Waals surface area contributed by atoms with Crippen LogP contribution in [0.2, 0.25) is 0 Å². The largest absolute Gasteiger partial charge is 2.00 e. The molecule has 2 rings (SSSR count). The zero-order valence-electron chi connectivity index (χ0n) is 8.40. The number of hydrogen-bond donors (Lipinski definition) is 0. The summed E-state index contributed by atoms with van der Waals surface area (Å²) >= 11 is 0. The normalized spacial score (nSPS) is 9.65. The average Bonchev–Trinajstić information content (AvgIpc) is 2.27. The van der Waals surface area contributed by atoms with Crippen molar-refractivity contribution in [1.29, 1.82) is 0 Å². The van der Waals surface area contributed by atoms with Crippen molar-refractivity contribution in [1.82, 2.24) is 0 Å². The van der Waals surface area contributed by atoms with Gasteiger partial charge in [-0.3, -0.25) is 0 Å². The van der Waals surface area contributed by atoms with Crippen LogP contribution in [0.25, 0.3) is 10.8 Å². The minimum absolute atomic E-state index is 0. The Labute approximate surface area is 112 Å². The zero-order valence-corrected chi connectivity index (χ0v) is 9.88. The van der Waals surface area contributed by atoms with Crippen LogP contribution in [-0.4, -0.2) is 11.9 Å². The van der Waals surface area contributed by atoms with Gasteiger partial charge in [0.25, 0.3) is 0 Å². The molecule has 0 bridgehead atoms. The van der Waals surface area contributed by atoms with E-state index in [1.54, 1.807) is 18.2 Å². The van der Waals surface area contributed by atoms with Gasteiger partial charge in [0.2, 0.25) is 0 Å². The van der Waals surface area contributed by atoms with E-state index in [1.807, 2.05) is 0 Å². The summed E-state index contributed by atoms with van der Waals surface area (Å²) in [6.45, 7) is 0. The van der Waals surface area contributed by atoms with E-state index in [0.717, 1.165) is 0 Å². The number of benzene rings is 2. The van der Waals surface area contributed by atoms with E-state index < -0.39 is 11.9 Å². The van der Waals surface area contributed by atoms with Crippen LogP contribution in [0.3, 0.4) is 0 Å². The van der Waals surface area contributed by atoms with Crippen molar-refractivity contribution in [2.24, 2.45) is 0 Å².